The first kappa shape index (κ1) is 13.2. The summed E-state index contributed by atoms with van der Waals surface area (Å²) < 4.78 is 10.9. The van der Waals surface area contributed by atoms with E-state index in [0.29, 0.717) is 11.3 Å². The second-order valence-corrected chi connectivity index (χ2v) is 4.22. The van der Waals surface area contributed by atoms with E-state index in [-0.39, 0.29) is 6.61 Å². The predicted octanol–water partition coefficient (Wildman–Crippen LogP) is 2.08. The number of furan rings is 1. The van der Waals surface area contributed by atoms with E-state index in [4.69, 9.17) is 15.0 Å². The van der Waals surface area contributed by atoms with E-state index in [2.05, 4.69) is 5.43 Å². The number of nitrogens with one attached hydrogen (secondary N) is 1. The van der Waals surface area contributed by atoms with Crippen molar-refractivity contribution in [1.82, 2.24) is 5.43 Å². The highest BCUT2D eigenvalue weighted by molar-refractivity contribution is 5.94. The number of hydrogen-bond donors (Lipinski definition) is 2. The average Bonchev–Trinajstić information content (AvgIpc) is 2.88. The summed E-state index contributed by atoms with van der Waals surface area (Å²) in [5.41, 5.74) is 4.67. The van der Waals surface area contributed by atoms with Crippen molar-refractivity contribution < 1.29 is 13.9 Å². The fourth-order valence-corrected chi connectivity index (χ4v) is 1.76. The maximum Gasteiger partial charge on any atom is 0.268 e. The zero-order valence-electron chi connectivity index (χ0n) is 10.9. The lowest BCUT2D eigenvalue weighted by Gasteiger charge is -2.10. The van der Waals surface area contributed by atoms with E-state index in [1.165, 1.54) is 6.26 Å². The third kappa shape index (κ3) is 2.77. The standard InChI is InChI=1S/C14H16N2O3/c1-9-4-3-5-12(10(9)2)19-8-13-11(6-7-18-13)14(17)16-15/h3-7H,8,15H2,1-2H3,(H,16,17). The Morgan fingerprint density at radius 2 is 2.16 bits per heavy atom. The van der Waals surface area contributed by atoms with Crippen LogP contribution < -0.4 is 16.0 Å². The number of hydrogen-bond acceptors (Lipinski definition) is 4. The topological polar surface area (TPSA) is 77.5 Å². The average molecular weight is 260 g/mol. The lowest BCUT2D eigenvalue weighted by atomic mass is 10.1. The molecule has 19 heavy (non-hydrogen) atoms. The maximum absolute atomic E-state index is 11.5. The highest BCUT2D eigenvalue weighted by atomic mass is 16.5. The summed E-state index contributed by atoms with van der Waals surface area (Å²) in [4.78, 5) is 11.5. The van der Waals surface area contributed by atoms with Gasteiger partial charge in [0.1, 0.15) is 12.4 Å². The molecule has 0 bridgehead atoms. The first-order valence-corrected chi connectivity index (χ1v) is 5.90. The first-order valence-electron chi connectivity index (χ1n) is 5.90. The largest absolute Gasteiger partial charge is 0.485 e. The lowest BCUT2D eigenvalue weighted by Crippen LogP contribution is -2.30. The van der Waals surface area contributed by atoms with Gasteiger partial charge in [-0.15, -0.1) is 0 Å². The molecule has 1 heterocycles. The quantitative estimate of drug-likeness (QED) is 0.501. The van der Waals surface area contributed by atoms with Gasteiger partial charge < -0.3 is 9.15 Å². The molecule has 1 aromatic carbocycles. The summed E-state index contributed by atoms with van der Waals surface area (Å²) in [6.45, 7) is 4.18. The maximum atomic E-state index is 11.5. The van der Waals surface area contributed by atoms with E-state index >= 15 is 0 Å². The van der Waals surface area contributed by atoms with E-state index in [1.54, 1.807) is 6.07 Å². The fourth-order valence-electron chi connectivity index (χ4n) is 1.76. The van der Waals surface area contributed by atoms with Crippen LogP contribution >= 0.6 is 0 Å². The van der Waals surface area contributed by atoms with Gasteiger partial charge in [0, 0.05) is 0 Å². The minimum Gasteiger partial charge on any atom is -0.485 e. The molecule has 0 saturated carbocycles. The van der Waals surface area contributed by atoms with Crippen LogP contribution in [-0.4, -0.2) is 5.91 Å². The minimum absolute atomic E-state index is 0.181. The van der Waals surface area contributed by atoms with Crippen molar-refractivity contribution in [2.45, 2.75) is 20.5 Å². The molecule has 0 saturated heterocycles. The number of amides is 1. The van der Waals surface area contributed by atoms with Gasteiger partial charge in [-0.2, -0.15) is 0 Å². The van der Waals surface area contributed by atoms with E-state index < -0.39 is 5.91 Å². The summed E-state index contributed by atoms with van der Waals surface area (Å²) in [6, 6.07) is 7.38. The van der Waals surface area contributed by atoms with Crippen LogP contribution in [0.15, 0.2) is 34.9 Å². The predicted molar refractivity (Wildman–Crippen MR) is 70.6 cm³/mol. The van der Waals surface area contributed by atoms with Crippen LogP contribution in [0.4, 0.5) is 0 Å². The molecule has 1 amide bonds. The van der Waals surface area contributed by atoms with Crippen molar-refractivity contribution in [1.29, 1.82) is 0 Å². The molecule has 1 aromatic heterocycles. The fraction of sp³-hybridized carbons (Fsp3) is 0.214. The normalized spacial score (nSPS) is 10.3. The summed E-state index contributed by atoms with van der Waals surface area (Å²) in [6.07, 6.45) is 1.44. The highest BCUT2D eigenvalue weighted by Crippen LogP contribution is 2.22. The molecule has 0 spiro atoms. The van der Waals surface area contributed by atoms with Crippen LogP contribution in [0.3, 0.4) is 0 Å². The van der Waals surface area contributed by atoms with Crippen LogP contribution in [-0.2, 0) is 6.61 Å². The Morgan fingerprint density at radius 3 is 2.89 bits per heavy atom. The van der Waals surface area contributed by atoms with Gasteiger partial charge in [0.05, 0.1) is 11.8 Å². The Balaban J connectivity index is 2.13. The van der Waals surface area contributed by atoms with Crippen molar-refractivity contribution in [3.05, 3.63) is 53.0 Å². The molecule has 5 nitrogen and oxygen atoms in total. The van der Waals surface area contributed by atoms with Crippen LogP contribution in [0.1, 0.15) is 27.2 Å². The van der Waals surface area contributed by atoms with Gasteiger partial charge in [-0.25, -0.2) is 5.84 Å². The van der Waals surface area contributed by atoms with Crippen molar-refractivity contribution in [3.63, 3.8) is 0 Å². The number of benzene rings is 1. The number of carbonyl (C=O) groups excluding carboxylic acids is 1. The van der Waals surface area contributed by atoms with E-state index in [1.807, 2.05) is 32.0 Å². The monoisotopic (exact) mass is 260 g/mol. The van der Waals surface area contributed by atoms with Gasteiger partial charge in [0.2, 0.25) is 0 Å². The minimum atomic E-state index is -0.395. The molecule has 100 valence electrons. The number of carbonyl (C=O) groups is 1. The first-order chi connectivity index (χ1) is 9.13. The molecule has 0 aliphatic rings. The van der Waals surface area contributed by atoms with Gasteiger partial charge in [-0.1, -0.05) is 12.1 Å². The molecule has 0 radical (unpaired) electrons. The van der Waals surface area contributed by atoms with Gasteiger partial charge in [-0.05, 0) is 37.1 Å². The number of aryl methyl sites for hydroxylation is 1. The van der Waals surface area contributed by atoms with Crippen LogP contribution in [0.5, 0.6) is 5.75 Å². The molecule has 2 aromatic rings. The molecular formula is C14H16N2O3. The number of nitrogens with two attached hydrogens (primary N) is 1. The second-order valence-electron chi connectivity index (χ2n) is 4.22. The highest BCUT2D eigenvalue weighted by Gasteiger charge is 2.14. The summed E-state index contributed by atoms with van der Waals surface area (Å²) >= 11 is 0. The summed E-state index contributed by atoms with van der Waals surface area (Å²) in [5.74, 6) is 5.93. The molecule has 0 atom stereocenters. The summed E-state index contributed by atoms with van der Waals surface area (Å²) in [5, 5.41) is 0. The Morgan fingerprint density at radius 1 is 1.37 bits per heavy atom. The van der Waals surface area contributed by atoms with Crippen molar-refractivity contribution in [3.8, 4) is 5.75 Å². The number of hydrazine groups is 1. The van der Waals surface area contributed by atoms with Gasteiger partial charge in [0.25, 0.3) is 5.91 Å². The lowest BCUT2D eigenvalue weighted by molar-refractivity contribution is 0.0949. The van der Waals surface area contributed by atoms with Crippen LogP contribution in [0.25, 0.3) is 0 Å². The van der Waals surface area contributed by atoms with Crippen molar-refractivity contribution in [2.24, 2.45) is 5.84 Å². The molecule has 3 N–H and O–H groups in total. The van der Waals surface area contributed by atoms with Crippen LogP contribution in [0.2, 0.25) is 0 Å². The Labute approximate surface area is 111 Å². The Hall–Kier alpha value is -2.27. The third-order valence-corrected chi connectivity index (χ3v) is 3.03. The number of rotatable bonds is 4. The van der Waals surface area contributed by atoms with E-state index in [9.17, 15) is 4.79 Å². The molecule has 0 aliphatic heterocycles. The SMILES string of the molecule is Cc1cccc(OCc2occc2C(=O)NN)c1C. The number of nitrogen functional groups attached to an aromatic ring is 1. The number of ether oxygens (including phenoxy) is 1. The molecular weight excluding hydrogens is 244 g/mol. The molecule has 0 aliphatic carbocycles. The molecule has 2 rings (SSSR count). The van der Waals surface area contributed by atoms with Gasteiger partial charge >= 0.3 is 0 Å². The van der Waals surface area contributed by atoms with Crippen molar-refractivity contribution in [2.75, 3.05) is 0 Å². The van der Waals surface area contributed by atoms with Crippen molar-refractivity contribution >= 4 is 5.91 Å². The smallest absolute Gasteiger partial charge is 0.268 e. The Kier molecular flexibility index (Phi) is 3.87. The van der Waals surface area contributed by atoms with E-state index in [0.717, 1.165) is 16.9 Å². The van der Waals surface area contributed by atoms with Gasteiger partial charge in [0.15, 0.2) is 5.76 Å². The van der Waals surface area contributed by atoms with Gasteiger partial charge in [-0.3, -0.25) is 10.2 Å². The zero-order chi connectivity index (χ0) is 13.8. The Bertz CT molecular complexity index is 590. The molecule has 5 heteroatoms. The summed E-state index contributed by atoms with van der Waals surface area (Å²) in [7, 11) is 0. The molecule has 0 fully saturated rings. The van der Waals surface area contributed by atoms with Crippen LogP contribution in [0, 0.1) is 13.8 Å². The molecule has 0 unspecified atom stereocenters. The second kappa shape index (κ2) is 5.58. The zero-order valence-corrected chi connectivity index (χ0v) is 10.9. The third-order valence-electron chi connectivity index (χ3n) is 3.03.